The minimum Gasteiger partial charge on any atom is -0.481 e. The zero-order valence-corrected chi connectivity index (χ0v) is 11.4. The van der Waals surface area contributed by atoms with E-state index in [-0.39, 0.29) is 12.0 Å². The van der Waals surface area contributed by atoms with Gasteiger partial charge in [-0.15, -0.1) is 0 Å². The maximum absolute atomic E-state index is 11.4. The van der Waals surface area contributed by atoms with Crippen LogP contribution in [0.5, 0.6) is 0 Å². The van der Waals surface area contributed by atoms with Crippen LogP contribution in [0.4, 0.5) is 0 Å². The van der Waals surface area contributed by atoms with Crippen molar-refractivity contribution in [2.45, 2.75) is 31.8 Å². The highest BCUT2D eigenvalue weighted by molar-refractivity contribution is 6.30. The van der Waals surface area contributed by atoms with Gasteiger partial charge in [-0.25, -0.2) is 0 Å². The molecule has 2 fully saturated rings. The third-order valence-electron chi connectivity index (χ3n) is 4.63. The Bertz CT molecular complexity index is 491. The van der Waals surface area contributed by atoms with E-state index in [2.05, 4.69) is 5.32 Å². The van der Waals surface area contributed by atoms with Crippen LogP contribution < -0.4 is 5.32 Å². The molecule has 102 valence electrons. The van der Waals surface area contributed by atoms with Crippen molar-refractivity contribution < 1.29 is 9.90 Å². The molecule has 4 atom stereocenters. The Morgan fingerprint density at radius 1 is 1.37 bits per heavy atom. The summed E-state index contributed by atoms with van der Waals surface area (Å²) in [6, 6.07) is 7.84. The molecule has 0 spiro atoms. The van der Waals surface area contributed by atoms with Crippen molar-refractivity contribution in [2.75, 3.05) is 0 Å². The van der Waals surface area contributed by atoms with Gasteiger partial charge in [-0.3, -0.25) is 4.79 Å². The maximum atomic E-state index is 11.4. The summed E-state index contributed by atoms with van der Waals surface area (Å²) in [7, 11) is 0. The topological polar surface area (TPSA) is 49.3 Å². The summed E-state index contributed by atoms with van der Waals surface area (Å²) in [5.41, 5.74) is 1.11. The van der Waals surface area contributed by atoms with Gasteiger partial charge in [0, 0.05) is 17.6 Å². The van der Waals surface area contributed by atoms with Crippen LogP contribution in [0.3, 0.4) is 0 Å². The lowest BCUT2D eigenvalue weighted by atomic mass is 9.84. The second-order valence-electron chi connectivity index (χ2n) is 5.73. The SMILES string of the molecule is O=C(O)C1C2CCC(C2)C1NCc1cccc(Cl)c1. The lowest BCUT2D eigenvalue weighted by Crippen LogP contribution is -2.43. The number of carbonyl (C=O) groups is 1. The van der Waals surface area contributed by atoms with Gasteiger partial charge in [0.05, 0.1) is 5.92 Å². The molecule has 2 saturated carbocycles. The highest BCUT2D eigenvalue weighted by atomic mass is 35.5. The van der Waals surface area contributed by atoms with Gasteiger partial charge in [0.2, 0.25) is 0 Å². The molecule has 4 heteroatoms. The summed E-state index contributed by atoms with van der Waals surface area (Å²) < 4.78 is 0. The van der Waals surface area contributed by atoms with E-state index in [4.69, 9.17) is 11.6 Å². The van der Waals surface area contributed by atoms with Crippen molar-refractivity contribution in [1.29, 1.82) is 0 Å². The molecular weight excluding hydrogens is 262 g/mol. The molecule has 1 aromatic rings. The third kappa shape index (κ3) is 2.49. The highest BCUT2D eigenvalue weighted by Crippen LogP contribution is 2.48. The number of nitrogens with one attached hydrogen (secondary N) is 1. The van der Waals surface area contributed by atoms with Crippen molar-refractivity contribution in [2.24, 2.45) is 17.8 Å². The zero-order valence-electron chi connectivity index (χ0n) is 10.7. The van der Waals surface area contributed by atoms with E-state index in [0.717, 1.165) is 23.4 Å². The minimum atomic E-state index is -0.643. The van der Waals surface area contributed by atoms with E-state index in [0.29, 0.717) is 18.4 Å². The number of carboxylic acids is 1. The lowest BCUT2D eigenvalue weighted by Gasteiger charge is -2.29. The summed E-state index contributed by atoms with van der Waals surface area (Å²) in [4.78, 5) is 11.4. The number of hydrogen-bond acceptors (Lipinski definition) is 2. The number of hydrogen-bond donors (Lipinski definition) is 2. The molecule has 0 amide bonds. The Kier molecular flexibility index (Phi) is 3.50. The second kappa shape index (κ2) is 5.14. The van der Waals surface area contributed by atoms with Gasteiger partial charge >= 0.3 is 5.97 Å². The molecule has 3 rings (SSSR count). The second-order valence-corrected chi connectivity index (χ2v) is 6.17. The molecule has 2 N–H and O–H groups in total. The predicted octanol–water partition coefficient (Wildman–Crippen LogP) is 2.93. The van der Waals surface area contributed by atoms with Crippen LogP contribution in [0.25, 0.3) is 0 Å². The van der Waals surface area contributed by atoms with Gasteiger partial charge in [-0.2, -0.15) is 0 Å². The normalized spacial score (nSPS) is 32.7. The summed E-state index contributed by atoms with van der Waals surface area (Å²) in [5, 5.41) is 13.6. The Balaban J connectivity index is 1.67. The van der Waals surface area contributed by atoms with E-state index in [1.54, 1.807) is 0 Å². The molecule has 0 radical (unpaired) electrons. The van der Waals surface area contributed by atoms with Crippen LogP contribution >= 0.6 is 11.6 Å². The van der Waals surface area contributed by atoms with Crippen LogP contribution in [0.2, 0.25) is 5.02 Å². The largest absolute Gasteiger partial charge is 0.481 e. The van der Waals surface area contributed by atoms with E-state index < -0.39 is 5.97 Å². The first-order chi connectivity index (χ1) is 9.15. The van der Waals surface area contributed by atoms with Crippen molar-refractivity contribution in [3.63, 3.8) is 0 Å². The van der Waals surface area contributed by atoms with E-state index in [9.17, 15) is 9.90 Å². The lowest BCUT2D eigenvalue weighted by molar-refractivity contribution is -0.144. The van der Waals surface area contributed by atoms with E-state index >= 15 is 0 Å². The molecular formula is C15H18ClNO2. The fourth-order valence-electron chi connectivity index (χ4n) is 3.82. The fraction of sp³-hybridized carbons (Fsp3) is 0.533. The number of fused-ring (bicyclic) bond motifs is 2. The average Bonchev–Trinajstić information content (AvgIpc) is 2.96. The standard InChI is InChI=1S/C15H18ClNO2/c16-12-3-1-2-9(6-12)8-17-14-11-5-4-10(7-11)13(14)15(18)19/h1-3,6,10-11,13-14,17H,4-5,7-8H2,(H,18,19). The Hall–Kier alpha value is -1.06. The molecule has 4 unspecified atom stereocenters. The summed E-state index contributed by atoms with van der Waals surface area (Å²) >= 11 is 5.96. The molecule has 2 bridgehead atoms. The Labute approximate surface area is 118 Å². The van der Waals surface area contributed by atoms with Crippen molar-refractivity contribution in [1.82, 2.24) is 5.32 Å². The van der Waals surface area contributed by atoms with Crippen LogP contribution in [0.15, 0.2) is 24.3 Å². The Morgan fingerprint density at radius 2 is 2.16 bits per heavy atom. The first kappa shape index (κ1) is 12.9. The molecule has 3 nitrogen and oxygen atoms in total. The Morgan fingerprint density at radius 3 is 2.89 bits per heavy atom. The van der Waals surface area contributed by atoms with Crippen molar-refractivity contribution in [3.8, 4) is 0 Å². The number of halogens is 1. The summed E-state index contributed by atoms with van der Waals surface area (Å²) in [6.07, 6.45) is 3.32. The maximum Gasteiger partial charge on any atom is 0.308 e. The highest BCUT2D eigenvalue weighted by Gasteiger charge is 2.50. The molecule has 2 aliphatic carbocycles. The van der Waals surface area contributed by atoms with Gasteiger partial charge in [0.1, 0.15) is 0 Å². The van der Waals surface area contributed by atoms with Gasteiger partial charge in [-0.05, 0) is 48.8 Å². The fourth-order valence-corrected chi connectivity index (χ4v) is 4.04. The zero-order chi connectivity index (χ0) is 13.4. The molecule has 1 aromatic carbocycles. The van der Waals surface area contributed by atoms with Gasteiger partial charge in [-0.1, -0.05) is 23.7 Å². The van der Waals surface area contributed by atoms with E-state index in [1.807, 2.05) is 24.3 Å². The number of aliphatic carboxylic acids is 1. The van der Waals surface area contributed by atoms with Gasteiger partial charge < -0.3 is 10.4 Å². The number of carboxylic acid groups (broad SMARTS) is 1. The molecule has 0 saturated heterocycles. The van der Waals surface area contributed by atoms with Crippen LogP contribution in [0.1, 0.15) is 24.8 Å². The van der Waals surface area contributed by atoms with Crippen LogP contribution in [-0.4, -0.2) is 17.1 Å². The number of rotatable bonds is 4. The first-order valence-electron chi connectivity index (χ1n) is 6.86. The van der Waals surface area contributed by atoms with Gasteiger partial charge in [0.25, 0.3) is 0 Å². The molecule has 19 heavy (non-hydrogen) atoms. The molecule has 2 aliphatic rings. The quantitative estimate of drug-likeness (QED) is 0.891. The van der Waals surface area contributed by atoms with Gasteiger partial charge in [0.15, 0.2) is 0 Å². The van der Waals surface area contributed by atoms with Crippen LogP contribution in [-0.2, 0) is 11.3 Å². The molecule has 0 aromatic heterocycles. The van der Waals surface area contributed by atoms with Crippen molar-refractivity contribution >= 4 is 17.6 Å². The van der Waals surface area contributed by atoms with Crippen LogP contribution in [0, 0.1) is 17.8 Å². The number of benzene rings is 1. The average molecular weight is 280 g/mol. The van der Waals surface area contributed by atoms with E-state index in [1.165, 1.54) is 6.42 Å². The predicted molar refractivity (Wildman–Crippen MR) is 74.0 cm³/mol. The smallest absolute Gasteiger partial charge is 0.308 e. The first-order valence-corrected chi connectivity index (χ1v) is 7.23. The van der Waals surface area contributed by atoms with Crippen molar-refractivity contribution in [3.05, 3.63) is 34.9 Å². The monoisotopic (exact) mass is 279 g/mol. The summed E-state index contributed by atoms with van der Waals surface area (Å²) in [6.45, 7) is 0.693. The molecule has 0 aliphatic heterocycles. The third-order valence-corrected chi connectivity index (χ3v) is 4.87. The summed E-state index contributed by atoms with van der Waals surface area (Å²) in [5.74, 6) is 0.0540. The minimum absolute atomic E-state index is 0.121. The molecule has 0 heterocycles.